The summed E-state index contributed by atoms with van der Waals surface area (Å²) in [6, 6.07) is 8.31. The summed E-state index contributed by atoms with van der Waals surface area (Å²) >= 11 is 0. The molecule has 2 heterocycles. The maximum absolute atomic E-state index is 13.9. The Morgan fingerprint density at radius 2 is 1.57 bits per heavy atom. The van der Waals surface area contributed by atoms with Crippen LogP contribution in [0.5, 0.6) is 0 Å². The molecule has 268 valence electrons. The van der Waals surface area contributed by atoms with Gasteiger partial charge in [0.15, 0.2) is 0 Å². The lowest BCUT2D eigenvalue weighted by molar-refractivity contribution is -0.216. The number of ether oxygens (including phenoxy) is 1. The molecule has 4 saturated carbocycles. The highest BCUT2D eigenvalue weighted by Gasteiger charge is 2.69. The van der Waals surface area contributed by atoms with Crippen LogP contribution < -0.4 is 5.32 Å². The van der Waals surface area contributed by atoms with Crippen LogP contribution in [-0.4, -0.2) is 77.9 Å². The Labute approximate surface area is 294 Å². The van der Waals surface area contributed by atoms with Gasteiger partial charge in [0.05, 0.1) is 12.2 Å². The Bertz CT molecular complexity index is 1490. The van der Waals surface area contributed by atoms with Crippen LogP contribution in [-0.2, 0) is 4.74 Å². The van der Waals surface area contributed by atoms with Crippen molar-refractivity contribution >= 4 is 17.6 Å². The number of benzene rings is 1. The molecule has 0 aromatic heterocycles. The van der Waals surface area contributed by atoms with Crippen LogP contribution in [0.25, 0.3) is 5.57 Å². The fraction of sp³-hybridized carbons (Fsp3) is 0.762. The molecule has 2 amide bonds. The number of fused-ring (bicyclic) bond motifs is 7. The average Bonchev–Trinajstić information content (AvgIpc) is 3.76. The molecule has 5 aliphatic carbocycles. The molecule has 7 nitrogen and oxygen atoms in total. The van der Waals surface area contributed by atoms with Gasteiger partial charge in [-0.25, -0.2) is 9.59 Å². The van der Waals surface area contributed by atoms with Gasteiger partial charge in [0.25, 0.3) is 0 Å². The molecule has 0 radical (unpaired) electrons. The molecule has 7 aliphatic rings. The number of hydrogen-bond acceptors (Lipinski definition) is 4. The second-order valence-electron chi connectivity index (χ2n) is 18.7. The van der Waals surface area contributed by atoms with Gasteiger partial charge in [0, 0.05) is 44.4 Å². The number of nitrogens with zero attached hydrogens (tertiary/aromatic N) is 2. The lowest BCUT2D eigenvalue weighted by Crippen LogP contribution is -2.68. The fourth-order valence-electron chi connectivity index (χ4n) is 14.1. The molecule has 8 rings (SSSR count). The smallest absolute Gasteiger partial charge is 0.335 e. The van der Waals surface area contributed by atoms with Crippen molar-refractivity contribution in [1.29, 1.82) is 0 Å². The van der Waals surface area contributed by atoms with Crippen molar-refractivity contribution in [2.45, 2.75) is 117 Å². The minimum atomic E-state index is -0.865. The largest absolute Gasteiger partial charge is 0.478 e. The fourth-order valence-corrected chi connectivity index (χ4v) is 14.1. The second kappa shape index (κ2) is 11.8. The zero-order valence-corrected chi connectivity index (χ0v) is 30.9. The summed E-state index contributed by atoms with van der Waals surface area (Å²) < 4.78 is 5.64. The highest BCUT2D eigenvalue weighted by molar-refractivity contribution is 5.88. The Hall–Kier alpha value is -2.38. The number of hydrogen-bond donors (Lipinski definition) is 2. The summed E-state index contributed by atoms with van der Waals surface area (Å²) in [7, 11) is 0. The van der Waals surface area contributed by atoms with Gasteiger partial charge >= 0.3 is 12.0 Å². The van der Waals surface area contributed by atoms with Gasteiger partial charge in [0.2, 0.25) is 0 Å². The standard InChI is InChI=1S/C42H61N3O4/c1-38(2)31(28-8-10-29(11-9-28)36(46)47)14-18-39(3)34(38)15-19-41(5)35(39)13-12-32-33-7-6-17-42(33,21-20-40(32,41)4)43-37(48)45-24-22-44(23-25-45)30-16-26-49-27-30/h8-11,14,30,32-35H,6-7,12-13,15-27H2,1-5H3,(H,43,48)(H,46,47)/t30?,32?,33?,34?,35?,39?,40-,41?,42?/m1/s1. The highest BCUT2D eigenvalue weighted by atomic mass is 16.5. The topological polar surface area (TPSA) is 82.1 Å². The number of aromatic carboxylic acids is 1. The molecule has 2 aliphatic heterocycles. The van der Waals surface area contributed by atoms with Crippen LogP contribution >= 0.6 is 0 Å². The van der Waals surface area contributed by atoms with Crippen molar-refractivity contribution in [2.24, 2.45) is 45.3 Å². The van der Waals surface area contributed by atoms with Crippen LogP contribution in [0.2, 0.25) is 0 Å². The van der Waals surface area contributed by atoms with Gasteiger partial charge in [-0.1, -0.05) is 59.2 Å². The van der Waals surface area contributed by atoms with E-state index in [0.717, 1.165) is 65.1 Å². The molecular formula is C42H61N3O4. The maximum atomic E-state index is 13.9. The summed E-state index contributed by atoms with van der Waals surface area (Å²) in [4.78, 5) is 30.1. The first-order valence-corrected chi connectivity index (χ1v) is 19.8. The summed E-state index contributed by atoms with van der Waals surface area (Å²) in [6.45, 7) is 18.2. The first-order chi connectivity index (χ1) is 23.3. The van der Waals surface area contributed by atoms with E-state index in [0.29, 0.717) is 35.3 Å². The van der Waals surface area contributed by atoms with Crippen LogP contribution in [0.4, 0.5) is 4.79 Å². The molecule has 0 bridgehead atoms. The molecular weight excluding hydrogens is 610 g/mol. The number of amides is 2. The van der Waals surface area contributed by atoms with E-state index in [4.69, 9.17) is 4.74 Å². The van der Waals surface area contributed by atoms with E-state index >= 15 is 0 Å². The van der Waals surface area contributed by atoms with Gasteiger partial charge in [-0.2, -0.15) is 0 Å². The van der Waals surface area contributed by atoms with E-state index in [-0.39, 0.29) is 33.2 Å². The Balaban J connectivity index is 1.00. The summed E-state index contributed by atoms with van der Waals surface area (Å²) in [5.41, 5.74) is 3.71. The second-order valence-corrected chi connectivity index (χ2v) is 18.7. The predicted octanol–water partition coefficient (Wildman–Crippen LogP) is 8.10. The van der Waals surface area contributed by atoms with Crippen LogP contribution in [0.15, 0.2) is 30.3 Å². The summed E-state index contributed by atoms with van der Waals surface area (Å²) in [5.74, 6) is 1.65. The summed E-state index contributed by atoms with van der Waals surface area (Å²) in [6.07, 6.45) is 15.9. The molecule has 49 heavy (non-hydrogen) atoms. The Morgan fingerprint density at radius 3 is 2.27 bits per heavy atom. The van der Waals surface area contributed by atoms with Crippen molar-refractivity contribution in [1.82, 2.24) is 15.1 Å². The monoisotopic (exact) mass is 671 g/mol. The molecule has 9 atom stereocenters. The average molecular weight is 672 g/mol. The first kappa shape index (κ1) is 33.7. The molecule has 1 aromatic carbocycles. The van der Waals surface area contributed by atoms with Crippen molar-refractivity contribution in [3.8, 4) is 0 Å². The van der Waals surface area contributed by atoms with Crippen LogP contribution in [0.1, 0.15) is 121 Å². The molecule has 2 N–H and O–H groups in total. The minimum Gasteiger partial charge on any atom is -0.478 e. The third kappa shape index (κ3) is 5.01. The van der Waals surface area contributed by atoms with Crippen molar-refractivity contribution < 1.29 is 19.4 Å². The molecule has 7 heteroatoms. The quantitative estimate of drug-likeness (QED) is 0.338. The number of carboxylic acids is 1. The first-order valence-electron chi connectivity index (χ1n) is 19.8. The van der Waals surface area contributed by atoms with E-state index in [1.165, 1.54) is 56.1 Å². The van der Waals surface area contributed by atoms with E-state index in [9.17, 15) is 14.7 Å². The van der Waals surface area contributed by atoms with Gasteiger partial charge in [-0.3, -0.25) is 4.90 Å². The van der Waals surface area contributed by atoms with Crippen molar-refractivity contribution in [3.63, 3.8) is 0 Å². The van der Waals surface area contributed by atoms with Crippen molar-refractivity contribution in [3.05, 3.63) is 41.5 Å². The van der Waals surface area contributed by atoms with Gasteiger partial charge in [-0.05, 0) is 133 Å². The SMILES string of the molecule is CC1(C)C(c2ccc(C(=O)O)cc2)=CCC2(C)C1CCC1(C)C2CCC2C3CCCC3(NC(=O)N3CCN(C4CCOC4)CC3)CC[C@]21C. The maximum Gasteiger partial charge on any atom is 0.335 e. The minimum absolute atomic E-state index is 0.0185. The molecule has 8 unspecified atom stereocenters. The number of carbonyl (C=O) groups excluding carboxylic acids is 1. The van der Waals surface area contributed by atoms with Crippen LogP contribution in [0, 0.1) is 45.3 Å². The zero-order valence-electron chi connectivity index (χ0n) is 30.9. The number of nitrogens with one attached hydrogen (secondary N) is 1. The van der Waals surface area contributed by atoms with Gasteiger partial charge in [-0.15, -0.1) is 0 Å². The van der Waals surface area contributed by atoms with E-state index < -0.39 is 5.97 Å². The van der Waals surface area contributed by atoms with E-state index in [1.54, 1.807) is 12.1 Å². The third-order valence-corrected chi connectivity index (χ3v) is 16.8. The number of piperazine rings is 1. The van der Waals surface area contributed by atoms with E-state index in [2.05, 4.69) is 55.8 Å². The molecule has 0 spiro atoms. The van der Waals surface area contributed by atoms with Crippen molar-refractivity contribution in [2.75, 3.05) is 39.4 Å². The summed E-state index contributed by atoms with van der Waals surface area (Å²) in [5, 5.41) is 13.3. The molecule has 2 saturated heterocycles. The normalized spacial score (nSPS) is 43.1. The number of urea groups is 1. The highest BCUT2D eigenvalue weighted by Crippen LogP contribution is 2.76. The zero-order chi connectivity index (χ0) is 34.4. The lowest BCUT2D eigenvalue weighted by atomic mass is 9.33. The van der Waals surface area contributed by atoms with Gasteiger partial charge < -0.3 is 20.1 Å². The number of rotatable bonds is 4. The number of allylic oxidation sites excluding steroid dienone is 2. The molecule has 1 aromatic rings. The van der Waals surface area contributed by atoms with Gasteiger partial charge in [0.1, 0.15) is 0 Å². The Kier molecular flexibility index (Phi) is 8.15. The van der Waals surface area contributed by atoms with Crippen LogP contribution in [0.3, 0.4) is 0 Å². The Morgan fingerprint density at radius 1 is 0.816 bits per heavy atom. The lowest BCUT2D eigenvalue weighted by Gasteiger charge is -2.72. The van der Waals surface area contributed by atoms with E-state index in [1.807, 2.05) is 12.1 Å². The predicted molar refractivity (Wildman–Crippen MR) is 193 cm³/mol. The third-order valence-electron chi connectivity index (χ3n) is 16.8. The number of carbonyl (C=O) groups is 2. The molecule has 6 fully saturated rings. The number of carboxylic acid groups (broad SMARTS) is 1.